The maximum absolute atomic E-state index is 11.4. The van der Waals surface area contributed by atoms with Crippen molar-refractivity contribution in [3.05, 3.63) is 59.0 Å². The molecule has 0 unspecified atom stereocenters. The summed E-state index contributed by atoms with van der Waals surface area (Å²) in [6.45, 7) is 1.89. The molecule has 0 saturated carbocycles. The van der Waals surface area contributed by atoms with E-state index in [1.165, 1.54) is 6.20 Å². The zero-order valence-corrected chi connectivity index (χ0v) is 13.9. The molecule has 0 saturated heterocycles. The van der Waals surface area contributed by atoms with E-state index in [-0.39, 0.29) is 0 Å². The molecule has 124 valence electrons. The van der Waals surface area contributed by atoms with Gasteiger partial charge < -0.3 is 11.1 Å². The van der Waals surface area contributed by atoms with Crippen molar-refractivity contribution in [2.75, 3.05) is 5.32 Å². The summed E-state index contributed by atoms with van der Waals surface area (Å²) in [5.74, 6) is -0.0197. The number of nitrogens with one attached hydrogen (secondary N) is 1. The summed E-state index contributed by atoms with van der Waals surface area (Å²) in [4.78, 5) is 24.8. The van der Waals surface area contributed by atoms with Crippen LogP contribution in [0.1, 0.15) is 16.1 Å². The van der Waals surface area contributed by atoms with Crippen LogP contribution in [0, 0.1) is 6.92 Å². The van der Waals surface area contributed by atoms with E-state index in [1.54, 1.807) is 18.2 Å². The number of halogens is 1. The standard InChI is InChI=1S/C17H13ClN6O/c1-9-8-24-16(21-9)14-13(5-10(7-20-14)15(19)25)23-17(24)22-12-4-2-3-11(18)6-12/h2-8H,1H3,(H2,19,25)(H,22,23). The fourth-order valence-corrected chi connectivity index (χ4v) is 2.81. The number of aromatic nitrogens is 4. The van der Waals surface area contributed by atoms with Gasteiger partial charge in [-0.1, -0.05) is 17.7 Å². The first-order valence-corrected chi connectivity index (χ1v) is 7.87. The average molecular weight is 353 g/mol. The molecule has 3 N–H and O–H groups in total. The number of hydrogen-bond donors (Lipinski definition) is 2. The summed E-state index contributed by atoms with van der Waals surface area (Å²) in [5, 5.41) is 3.84. The highest BCUT2D eigenvalue weighted by Crippen LogP contribution is 2.24. The number of fused-ring (bicyclic) bond motifs is 3. The predicted octanol–water partition coefficient (Wildman–Crippen LogP) is 3.08. The smallest absolute Gasteiger partial charge is 0.250 e. The number of primary amides is 1. The first-order valence-electron chi connectivity index (χ1n) is 7.49. The fourth-order valence-electron chi connectivity index (χ4n) is 2.62. The third-order valence-electron chi connectivity index (χ3n) is 3.73. The van der Waals surface area contributed by atoms with Crippen molar-refractivity contribution in [2.24, 2.45) is 5.73 Å². The summed E-state index contributed by atoms with van der Waals surface area (Å²) in [6.07, 6.45) is 3.29. The third-order valence-corrected chi connectivity index (χ3v) is 3.96. The summed E-state index contributed by atoms with van der Waals surface area (Å²) >= 11 is 6.04. The van der Waals surface area contributed by atoms with Crippen LogP contribution in [0.3, 0.4) is 0 Å². The van der Waals surface area contributed by atoms with Gasteiger partial charge in [-0.3, -0.25) is 9.20 Å². The number of hydrogen-bond acceptors (Lipinski definition) is 5. The number of carbonyl (C=O) groups is 1. The lowest BCUT2D eigenvalue weighted by Gasteiger charge is -2.10. The van der Waals surface area contributed by atoms with Gasteiger partial charge in [0, 0.05) is 23.1 Å². The van der Waals surface area contributed by atoms with Crippen LogP contribution < -0.4 is 11.1 Å². The molecule has 1 amide bonds. The van der Waals surface area contributed by atoms with Gasteiger partial charge in [0.15, 0.2) is 5.65 Å². The van der Waals surface area contributed by atoms with Crippen molar-refractivity contribution >= 4 is 45.8 Å². The molecule has 4 aromatic rings. The van der Waals surface area contributed by atoms with Gasteiger partial charge in [0.25, 0.3) is 0 Å². The monoisotopic (exact) mass is 352 g/mol. The number of nitrogens with two attached hydrogens (primary N) is 1. The number of imidazole rings is 1. The molecule has 0 radical (unpaired) electrons. The minimum atomic E-state index is -0.556. The molecule has 0 fully saturated rings. The SMILES string of the molecule is Cc1cn2c(Nc3cccc(Cl)c3)nc3cc(C(N)=O)cnc3c2n1. The fraction of sp³-hybridized carbons (Fsp3) is 0.0588. The van der Waals surface area contributed by atoms with Gasteiger partial charge in [0.05, 0.1) is 16.8 Å². The van der Waals surface area contributed by atoms with Crippen molar-refractivity contribution in [1.82, 2.24) is 19.4 Å². The lowest BCUT2D eigenvalue weighted by Crippen LogP contribution is -2.11. The highest BCUT2D eigenvalue weighted by Gasteiger charge is 2.14. The number of pyridine rings is 1. The number of nitrogens with zero attached hydrogens (tertiary/aromatic N) is 4. The molecule has 0 aliphatic heterocycles. The molecule has 0 aliphatic carbocycles. The van der Waals surface area contributed by atoms with Crippen molar-refractivity contribution < 1.29 is 4.79 Å². The summed E-state index contributed by atoms with van der Waals surface area (Å²) < 4.78 is 1.81. The van der Waals surface area contributed by atoms with Crippen LogP contribution in [0.15, 0.2) is 42.7 Å². The molecule has 3 aromatic heterocycles. The molecule has 7 nitrogen and oxygen atoms in total. The number of carbonyl (C=O) groups excluding carboxylic acids is 1. The molecule has 0 bridgehead atoms. The maximum atomic E-state index is 11.4. The second-order valence-electron chi connectivity index (χ2n) is 5.60. The number of amides is 1. The van der Waals surface area contributed by atoms with E-state index in [2.05, 4.69) is 20.3 Å². The Hall–Kier alpha value is -3.19. The molecule has 4 rings (SSSR count). The second-order valence-corrected chi connectivity index (χ2v) is 6.04. The quantitative estimate of drug-likeness (QED) is 0.590. The molecular weight excluding hydrogens is 340 g/mol. The molecule has 1 aromatic carbocycles. The highest BCUT2D eigenvalue weighted by atomic mass is 35.5. The Bertz CT molecular complexity index is 1140. The van der Waals surface area contributed by atoms with E-state index in [0.29, 0.717) is 33.2 Å². The number of anilines is 2. The Kier molecular flexibility index (Phi) is 3.51. The lowest BCUT2D eigenvalue weighted by molar-refractivity contribution is 0.1000. The van der Waals surface area contributed by atoms with Crippen LogP contribution in [-0.4, -0.2) is 25.3 Å². The van der Waals surface area contributed by atoms with Crippen LogP contribution in [-0.2, 0) is 0 Å². The Morgan fingerprint density at radius 3 is 2.88 bits per heavy atom. The molecule has 0 atom stereocenters. The Morgan fingerprint density at radius 2 is 2.12 bits per heavy atom. The minimum absolute atomic E-state index is 0.293. The first kappa shape index (κ1) is 15.3. The van der Waals surface area contributed by atoms with Crippen LogP contribution in [0.4, 0.5) is 11.6 Å². The average Bonchev–Trinajstić information content (AvgIpc) is 2.96. The van der Waals surface area contributed by atoms with Crippen molar-refractivity contribution in [3.8, 4) is 0 Å². The zero-order chi connectivity index (χ0) is 17.6. The highest BCUT2D eigenvalue weighted by molar-refractivity contribution is 6.30. The van der Waals surface area contributed by atoms with Crippen LogP contribution >= 0.6 is 11.6 Å². The van der Waals surface area contributed by atoms with Gasteiger partial charge in [-0.25, -0.2) is 15.0 Å². The molecule has 25 heavy (non-hydrogen) atoms. The molecule has 0 aliphatic rings. The van der Waals surface area contributed by atoms with Gasteiger partial charge in [0.1, 0.15) is 5.52 Å². The number of aryl methyl sites for hydroxylation is 1. The topological polar surface area (TPSA) is 98.2 Å². The van der Waals surface area contributed by atoms with Gasteiger partial charge in [-0.2, -0.15) is 0 Å². The Labute approximate surface area is 147 Å². The third kappa shape index (κ3) is 2.74. The molecular formula is C17H13ClN6O. The largest absolute Gasteiger partial charge is 0.366 e. The van der Waals surface area contributed by atoms with Gasteiger partial charge >= 0.3 is 0 Å². The molecule has 3 heterocycles. The van der Waals surface area contributed by atoms with Crippen molar-refractivity contribution in [2.45, 2.75) is 6.92 Å². The summed E-state index contributed by atoms with van der Waals surface area (Å²) in [7, 11) is 0. The van der Waals surface area contributed by atoms with E-state index >= 15 is 0 Å². The maximum Gasteiger partial charge on any atom is 0.250 e. The van der Waals surface area contributed by atoms with Crippen molar-refractivity contribution in [1.29, 1.82) is 0 Å². The first-order chi connectivity index (χ1) is 12.0. The van der Waals surface area contributed by atoms with E-state index in [9.17, 15) is 4.79 Å². The normalized spacial score (nSPS) is 11.1. The van der Waals surface area contributed by atoms with Gasteiger partial charge in [-0.15, -0.1) is 0 Å². The predicted molar refractivity (Wildman–Crippen MR) is 96.3 cm³/mol. The van der Waals surface area contributed by atoms with E-state index < -0.39 is 5.91 Å². The van der Waals surface area contributed by atoms with Crippen molar-refractivity contribution in [3.63, 3.8) is 0 Å². The molecule has 8 heteroatoms. The van der Waals surface area contributed by atoms with E-state index in [0.717, 1.165) is 11.4 Å². The van der Waals surface area contributed by atoms with Crippen LogP contribution in [0.2, 0.25) is 5.02 Å². The number of rotatable bonds is 3. The van der Waals surface area contributed by atoms with Gasteiger partial charge in [0.2, 0.25) is 11.9 Å². The summed E-state index contributed by atoms with van der Waals surface area (Å²) in [5.41, 5.74) is 9.00. The lowest BCUT2D eigenvalue weighted by atomic mass is 10.2. The Balaban J connectivity index is 1.95. The second kappa shape index (κ2) is 5.71. The van der Waals surface area contributed by atoms with E-state index in [1.807, 2.05) is 29.7 Å². The molecule has 0 spiro atoms. The van der Waals surface area contributed by atoms with Gasteiger partial charge in [-0.05, 0) is 31.2 Å². The number of benzene rings is 1. The summed E-state index contributed by atoms with van der Waals surface area (Å²) in [6, 6.07) is 8.92. The van der Waals surface area contributed by atoms with Crippen LogP contribution in [0.5, 0.6) is 0 Å². The van der Waals surface area contributed by atoms with E-state index in [4.69, 9.17) is 17.3 Å². The zero-order valence-electron chi connectivity index (χ0n) is 13.2. The van der Waals surface area contributed by atoms with Crippen LogP contribution in [0.25, 0.3) is 16.7 Å². The minimum Gasteiger partial charge on any atom is -0.366 e. The Morgan fingerprint density at radius 1 is 1.28 bits per heavy atom.